The van der Waals surface area contributed by atoms with Gasteiger partial charge in [0.1, 0.15) is 22.5 Å². The number of phenols is 1. The lowest BCUT2D eigenvalue weighted by molar-refractivity contribution is 0.448. The maximum Gasteiger partial charge on any atom is 0.159 e. The van der Waals surface area contributed by atoms with Crippen molar-refractivity contribution < 1.29 is 13.9 Å². The van der Waals surface area contributed by atoms with E-state index in [0.29, 0.717) is 11.7 Å². The molecule has 2 heterocycles. The van der Waals surface area contributed by atoms with Crippen LogP contribution < -0.4 is 9.80 Å². The van der Waals surface area contributed by atoms with Crippen molar-refractivity contribution >= 4 is 94.3 Å². The van der Waals surface area contributed by atoms with Gasteiger partial charge in [-0.15, -0.1) is 0 Å². The molecule has 0 spiro atoms. The van der Waals surface area contributed by atoms with Crippen LogP contribution in [0.1, 0.15) is 99.3 Å². The van der Waals surface area contributed by atoms with E-state index in [4.69, 9.17) is 8.83 Å². The molecule has 1 unspecified atom stereocenters. The minimum absolute atomic E-state index is 0.117. The Kier molecular flexibility index (Phi) is 15.0. The van der Waals surface area contributed by atoms with Crippen LogP contribution in [0.3, 0.4) is 0 Å². The van der Waals surface area contributed by atoms with Crippen molar-refractivity contribution in [3.8, 4) is 28.0 Å². The fourth-order valence-electron chi connectivity index (χ4n) is 11.7. The number of allylic oxidation sites excluding steroid dienone is 4. The summed E-state index contributed by atoms with van der Waals surface area (Å²) in [5, 5.41) is 18.3. The Morgan fingerprint density at radius 3 is 1.66 bits per heavy atom. The number of benzene rings is 10. The molecule has 82 heavy (non-hydrogen) atoms. The van der Waals surface area contributed by atoms with Crippen LogP contribution in [-0.4, -0.2) is 5.11 Å². The van der Waals surface area contributed by atoms with E-state index in [1.54, 1.807) is 0 Å². The fraction of sp³-hybridized carbons (Fsp3) is 0.195. The van der Waals surface area contributed by atoms with Gasteiger partial charge in [0, 0.05) is 67.3 Å². The molecule has 0 bridgehead atoms. The van der Waals surface area contributed by atoms with E-state index in [1.165, 1.54) is 16.7 Å². The van der Waals surface area contributed by atoms with Gasteiger partial charge in [-0.1, -0.05) is 234 Å². The van der Waals surface area contributed by atoms with Crippen molar-refractivity contribution in [2.75, 3.05) is 9.80 Å². The largest absolute Gasteiger partial charge is 0.507 e. The van der Waals surface area contributed by atoms with Crippen molar-refractivity contribution in [1.29, 1.82) is 0 Å². The number of fused-ring (bicyclic) bond motifs is 8. The molecule has 2 aromatic heterocycles. The second-order valence-corrected chi connectivity index (χ2v) is 23.1. The molecule has 12 aromatic rings. The number of aromatic hydroxyl groups is 1. The van der Waals surface area contributed by atoms with Crippen LogP contribution in [0, 0.1) is 5.92 Å². The van der Waals surface area contributed by atoms with Gasteiger partial charge in [-0.3, -0.25) is 0 Å². The molecule has 1 aliphatic carbocycles. The van der Waals surface area contributed by atoms with Gasteiger partial charge in [0.15, 0.2) is 5.58 Å². The summed E-state index contributed by atoms with van der Waals surface area (Å²) < 4.78 is 14.2. The molecular weight excluding hydrogens is 1000 g/mol. The third-order valence-electron chi connectivity index (χ3n) is 15.8. The first kappa shape index (κ1) is 54.9. The number of hydrogen-bond donors (Lipinski definition) is 1. The lowest BCUT2D eigenvalue weighted by Crippen LogP contribution is -2.12. The van der Waals surface area contributed by atoms with Crippen molar-refractivity contribution in [1.82, 2.24) is 0 Å². The minimum Gasteiger partial charge on any atom is -0.507 e. The van der Waals surface area contributed by atoms with Gasteiger partial charge >= 0.3 is 0 Å². The Balaban J connectivity index is 0.00000173. The zero-order chi connectivity index (χ0) is 57.5. The molecule has 1 N–H and O–H groups in total. The Labute approximate surface area is 484 Å². The number of anilines is 6. The molecule has 410 valence electrons. The predicted molar refractivity (Wildman–Crippen MR) is 351 cm³/mol. The zero-order valence-electron chi connectivity index (χ0n) is 49.3. The van der Waals surface area contributed by atoms with E-state index < -0.39 is 0 Å². The van der Waals surface area contributed by atoms with E-state index in [9.17, 15) is 5.11 Å². The number of nitrogens with zero attached hydrogens (tertiary/aromatic N) is 2. The monoisotopic (exact) mass is 1070 g/mol. The summed E-state index contributed by atoms with van der Waals surface area (Å²) >= 11 is 0. The Hall–Kier alpha value is -9.06. The molecule has 5 nitrogen and oxygen atoms in total. The quantitative estimate of drug-likeness (QED) is 0.156. The first-order valence-electron chi connectivity index (χ1n) is 29.3. The number of rotatable bonds is 9. The highest BCUT2D eigenvalue weighted by atomic mass is 16.3. The Morgan fingerprint density at radius 2 is 0.976 bits per heavy atom. The summed E-state index contributed by atoms with van der Waals surface area (Å²) in [6.45, 7) is 23.4. The van der Waals surface area contributed by atoms with E-state index in [2.05, 4.69) is 265 Å². The SMILES string of the molecule is CC.CC.CC1C=CC(c2ccc(N(c3cccc(-c4cccc(C(C)(C)C)c4O)c3)c3cc4oc5cc(N(c6ccc(-c7ccccc7)cc6)c6cccc7c6oc6c(C(C)(C)C)cccc67)ccc5c4c4ccccc34)cc2)=CC1. The lowest BCUT2D eigenvalue weighted by Gasteiger charge is -2.28. The summed E-state index contributed by atoms with van der Waals surface area (Å²) in [5.74, 6) is 0.838. The molecule has 10 aromatic carbocycles. The summed E-state index contributed by atoms with van der Waals surface area (Å²) in [6, 6.07) is 73.4. The molecule has 0 radical (unpaired) electrons. The zero-order valence-corrected chi connectivity index (χ0v) is 49.3. The normalized spacial score (nSPS) is 13.5. The van der Waals surface area contributed by atoms with E-state index >= 15 is 0 Å². The fourth-order valence-corrected chi connectivity index (χ4v) is 11.7. The van der Waals surface area contributed by atoms with Crippen LogP contribution in [-0.2, 0) is 10.8 Å². The summed E-state index contributed by atoms with van der Waals surface area (Å²) in [4.78, 5) is 4.64. The molecule has 1 atom stereocenters. The highest BCUT2D eigenvalue weighted by Crippen LogP contribution is 2.49. The van der Waals surface area contributed by atoms with Crippen molar-refractivity contribution in [2.24, 2.45) is 5.92 Å². The van der Waals surface area contributed by atoms with E-state index in [0.717, 1.165) is 123 Å². The number of furan rings is 2. The van der Waals surface area contributed by atoms with Crippen molar-refractivity contribution in [2.45, 2.75) is 93.4 Å². The third-order valence-corrected chi connectivity index (χ3v) is 15.8. The molecule has 5 heteroatoms. The average molecular weight is 1080 g/mol. The summed E-state index contributed by atoms with van der Waals surface area (Å²) in [6.07, 6.45) is 7.92. The van der Waals surface area contributed by atoms with E-state index in [-0.39, 0.29) is 10.8 Å². The minimum atomic E-state index is -0.236. The van der Waals surface area contributed by atoms with Gasteiger partial charge in [0.2, 0.25) is 0 Å². The highest BCUT2D eigenvalue weighted by Gasteiger charge is 2.27. The van der Waals surface area contributed by atoms with Gasteiger partial charge in [-0.2, -0.15) is 0 Å². The molecule has 13 rings (SSSR count). The van der Waals surface area contributed by atoms with Crippen molar-refractivity contribution in [3.05, 3.63) is 241 Å². The number of para-hydroxylation sites is 3. The Bertz CT molecular complexity index is 4330. The Morgan fingerprint density at radius 1 is 0.427 bits per heavy atom. The summed E-state index contributed by atoms with van der Waals surface area (Å²) in [7, 11) is 0. The number of hydrogen-bond acceptors (Lipinski definition) is 5. The maximum atomic E-state index is 11.8. The smallest absolute Gasteiger partial charge is 0.159 e. The van der Waals surface area contributed by atoms with Gasteiger partial charge in [0.05, 0.1) is 17.1 Å². The van der Waals surface area contributed by atoms with Gasteiger partial charge in [-0.05, 0) is 117 Å². The second-order valence-electron chi connectivity index (χ2n) is 23.1. The van der Waals surface area contributed by atoms with Gasteiger partial charge in [0.25, 0.3) is 0 Å². The van der Waals surface area contributed by atoms with Crippen LogP contribution in [0.25, 0.3) is 82.5 Å². The highest BCUT2D eigenvalue weighted by molar-refractivity contribution is 6.23. The topological polar surface area (TPSA) is 53.0 Å². The van der Waals surface area contributed by atoms with Gasteiger partial charge < -0.3 is 23.7 Å². The van der Waals surface area contributed by atoms with Crippen molar-refractivity contribution in [3.63, 3.8) is 0 Å². The maximum absolute atomic E-state index is 11.8. The molecule has 1 aliphatic rings. The van der Waals surface area contributed by atoms with Crippen LogP contribution in [0.15, 0.2) is 233 Å². The molecule has 0 fully saturated rings. The average Bonchev–Trinajstić information content (AvgIpc) is 2.86. The van der Waals surface area contributed by atoms with E-state index in [1.807, 2.05) is 45.9 Å². The van der Waals surface area contributed by atoms with Crippen LogP contribution in [0.4, 0.5) is 34.1 Å². The van der Waals surface area contributed by atoms with Gasteiger partial charge in [-0.25, -0.2) is 0 Å². The lowest BCUT2D eigenvalue weighted by atomic mass is 9.84. The van der Waals surface area contributed by atoms with Crippen LogP contribution in [0.5, 0.6) is 5.75 Å². The van der Waals surface area contributed by atoms with Crippen LogP contribution in [0.2, 0.25) is 0 Å². The third kappa shape index (κ3) is 10.1. The van der Waals surface area contributed by atoms with Crippen LogP contribution >= 0.6 is 0 Å². The molecule has 0 saturated heterocycles. The first-order chi connectivity index (χ1) is 39.8. The molecule has 0 saturated carbocycles. The molecule has 0 amide bonds. The predicted octanol–water partition coefficient (Wildman–Crippen LogP) is 23.2. The number of phenolic OH excluding ortho intramolecular Hbond substituents is 1. The molecular formula is C77H74N2O3. The standard InChI is InChI=1S/C73H62N2O3.2C2H6/c1-46-29-31-48(32-30-46)50-35-39-53(40-36-50)75(54-20-13-19-51(43-54)56-23-14-26-62(69(56)76)72(2,3)4)65-45-67-68(58-22-12-11-21-57(58)65)61-42-41-55(44-66(61)77-67)74(52-37-33-49(34-38-52)47-17-9-8-10-18-47)64-28-16-25-60-59-24-15-27-63(73(5,6)7)70(59)78-71(60)64;2*1-2/h8-29,31-46,76H,30H2,1-7H3;2*1-2H3. The molecule has 0 aliphatic heterocycles. The summed E-state index contributed by atoms with van der Waals surface area (Å²) in [5.41, 5.74) is 17.3. The second kappa shape index (κ2) is 22.5. The first-order valence-corrected chi connectivity index (χ1v) is 29.3.